The van der Waals surface area contributed by atoms with Crippen molar-refractivity contribution in [3.8, 4) is 5.69 Å². The number of benzene rings is 1. The maximum atomic E-state index is 12.6. The highest BCUT2D eigenvalue weighted by Crippen LogP contribution is 2.23. The zero-order valence-corrected chi connectivity index (χ0v) is 14.7. The van der Waals surface area contributed by atoms with E-state index in [1.54, 1.807) is 44.3 Å². The minimum Gasteiger partial charge on any atom is -0.462 e. The number of aromatic nitrogens is 3. The molecule has 24 heavy (non-hydrogen) atoms. The highest BCUT2D eigenvalue weighted by atomic mass is 79.9. The third kappa shape index (κ3) is 2.82. The van der Waals surface area contributed by atoms with Crippen LogP contribution in [0.4, 0.5) is 0 Å². The summed E-state index contributed by atoms with van der Waals surface area (Å²) in [5.41, 5.74) is 1.19. The molecule has 122 valence electrons. The molecule has 0 bridgehead atoms. The zero-order valence-electron chi connectivity index (χ0n) is 13.1. The minimum absolute atomic E-state index is 0.262. The average Bonchev–Trinajstić information content (AvgIpc) is 2.58. The molecule has 0 N–H and O–H groups in total. The van der Waals surface area contributed by atoms with Gasteiger partial charge in [0.2, 0.25) is 0 Å². The molecule has 0 unspecified atom stereocenters. The van der Waals surface area contributed by atoms with Crippen LogP contribution >= 0.6 is 15.9 Å². The van der Waals surface area contributed by atoms with Gasteiger partial charge in [0.25, 0.3) is 5.56 Å². The van der Waals surface area contributed by atoms with Crippen LogP contribution in [0.25, 0.3) is 16.5 Å². The summed E-state index contributed by atoms with van der Waals surface area (Å²) in [4.78, 5) is 24.7. The lowest BCUT2D eigenvalue weighted by Crippen LogP contribution is -2.20. The quantitative estimate of drug-likeness (QED) is 0.645. The summed E-state index contributed by atoms with van der Waals surface area (Å²) in [6.07, 6.45) is 1.65. The highest BCUT2D eigenvalue weighted by Gasteiger charge is 2.16. The van der Waals surface area contributed by atoms with Gasteiger partial charge < -0.3 is 4.74 Å². The second kappa shape index (κ2) is 6.52. The van der Waals surface area contributed by atoms with Crippen LogP contribution in [0, 0.1) is 6.92 Å². The smallest absolute Gasteiger partial charge is 0.340 e. The minimum atomic E-state index is -0.469. The summed E-state index contributed by atoms with van der Waals surface area (Å²) in [5.74, 6) is -0.469. The number of ether oxygens (including phenoxy) is 1. The van der Waals surface area contributed by atoms with Gasteiger partial charge in [-0.1, -0.05) is 12.1 Å². The van der Waals surface area contributed by atoms with E-state index in [0.29, 0.717) is 26.9 Å². The molecule has 2 aromatic heterocycles. The largest absolute Gasteiger partial charge is 0.462 e. The highest BCUT2D eigenvalue weighted by molar-refractivity contribution is 9.10. The molecule has 0 aliphatic rings. The molecule has 3 rings (SSSR count). The van der Waals surface area contributed by atoms with Gasteiger partial charge in [0, 0.05) is 23.0 Å². The molecule has 0 aliphatic carbocycles. The number of aryl methyl sites for hydroxylation is 1. The first-order chi connectivity index (χ1) is 11.5. The van der Waals surface area contributed by atoms with Crippen LogP contribution < -0.4 is 5.56 Å². The number of esters is 1. The molecule has 0 radical (unpaired) electrons. The number of halogens is 1. The number of fused-ring (bicyclic) bond motifs is 1. The lowest BCUT2D eigenvalue weighted by molar-refractivity contribution is 0.0526. The van der Waals surface area contributed by atoms with Crippen molar-refractivity contribution in [2.75, 3.05) is 6.61 Å². The second-order valence-electron chi connectivity index (χ2n) is 5.12. The summed E-state index contributed by atoms with van der Waals surface area (Å²) < 4.78 is 7.02. The first-order valence-corrected chi connectivity index (χ1v) is 8.14. The number of carbonyl (C=O) groups excluding carboxylic acids is 1. The van der Waals surface area contributed by atoms with E-state index in [1.807, 2.05) is 0 Å². The summed E-state index contributed by atoms with van der Waals surface area (Å²) in [6.45, 7) is 3.79. The molecule has 1 aromatic carbocycles. The van der Waals surface area contributed by atoms with Crippen molar-refractivity contribution in [3.05, 3.63) is 62.7 Å². The summed E-state index contributed by atoms with van der Waals surface area (Å²) in [6, 6.07) is 8.32. The molecule has 0 saturated carbocycles. The molecule has 0 amide bonds. The van der Waals surface area contributed by atoms with Crippen LogP contribution in [-0.2, 0) is 4.74 Å². The predicted octanol–water partition coefficient (Wildman–Crippen LogP) is 3.03. The maximum absolute atomic E-state index is 12.6. The summed E-state index contributed by atoms with van der Waals surface area (Å²) in [5, 5.41) is 9.47. The van der Waals surface area contributed by atoms with Gasteiger partial charge in [-0.05, 0) is 41.9 Å². The van der Waals surface area contributed by atoms with Gasteiger partial charge in [0.05, 0.1) is 23.6 Å². The van der Waals surface area contributed by atoms with Gasteiger partial charge >= 0.3 is 5.97 Å². The van der Waals surface area contributed by atoms with Crippen LogP contribution in [-0.4, -0.2) is 27.3 Å². The SMILES string of the molecule is CCOC(=O)c1ccccc1-n1cc2c(Br)nnc(C)c2cc1=O. The Morgan fingerprint density at radius 2 is 2.00 bits per heavy atom. The Morgan fingerprint density at radius 3 is 2.75 bits per heavy atom. The average molecular weight is 388 g/mol. The Labute approximate surface area is 146 Å². The van der Waals surface area contributed by atoms with E-state index in [2.05, 4.69) is 26.1 Å². The van der Waals surface area contributed by atoms with E-state index in [9.17, 15) is 9.59 Å². The number of pyridine rings is 1. The number of nitrogens with zero attached hydrogens (tertiary/aromatic N) is 3. The summed E-state index contributed by atoms with van der Waals surface area (Å²) in [7, 11) is 0. The number of carbonyl (C=O) groups is 1. The van der Waals surface area contributed by atoms with Crippen molar-refractivity contribution >= 4 is 32.7 Å². The fourth-order valence-electron chi connectivity index (χ4n) is 2.48. The molecule has 0 saturated heterocycles. The van der Waals surface area contributed by atoms with Crippen LogP contribution in [0.3, 0.4) is 0 Å². The van der Waals surface area contributed by atoms with Crippen molar-refractivity contribution in [3.63, 3.8) is 0 Å². The molecular weight excluding hydrogens is 374 g/mol. The molecule has 6 nitrogen and oxygen atoms in total. The molecule has 3 aromatic rings. The van der Waals surface area contributed by atoms with Crippen LogP contribution in [0.2, 0.25) is 0 Å². The Balaban J connectivity index is 2.28. The van der Waals surface area contributed by atoms with Gasteiger partial charge in [-0.2, -0.15) is 5.10 Å². The number of para-hydroxylation sites is 1. The standard InChI is InChI=1S/C17H14BrN3O3/c1-3-24-17(23)11-6-4-5-7-14(11)21-9-13-12(8-15(21)22)10(2)19-20-16(13)18/h4-9H,3H2,1-2H3. The van der Waals surface area contributed by atoms with E-state index >= 15 is 0 Å². The number of hydrogen-bond acceptors (Lipinski definition) is 5. The predicted molar refractivity (Wildman–Crippen MR) is 93.5 cm³/mol. The molecule has 0 fully saturated rings. The van der Waals surface area contributed by atoms with Crippen molar-refractivity contribution in [1.82, 2.24) is 14.8 Å². The van der Waals surface area contributed by atoms with Crippen LogP contribution in [0.15, 0.2) is 45.9 Å². The van der Waals surface area contributed by atoms with E-state index in [0.717, 1.165) is 5.39 Å². The monoisotopic (exact) mass is 387 g/mol. The molecular formula is C17H14BrN3O3. The van der Waals surface area contributed by atoms with Crippen molar-refractivity contribution in [2.45, 2.75) is 13.8 Å². The lowest BCUT2D eigenvalue weighted by Gasteiger charge is -2.12. The van der Waals surface area contributed by atoms with Crippen LogP contribution in [0.1, 0.15) is 23.0 Å². The molecule has 0 spiro atoms. The van der Waals surface area contributed by atoms with Crippen molar-refractivity contribution in [2.24, 2.45) is 0 Å². The lowest BCUT2D eigenvalue weighted by atomic mass is 10.1. The van der Waals surface area contributed by atoms with E-state index in [-0.39, 0.29) is 12.2 Å². The third-order valence-electron chi connectivity index (χ3n) is 3.61. The molecule has 2 heterocycles. The first kappa shape index (κ1) is 16.3. The van der Waals surface area contributed by atoms with Gasteiger partial charge in [-0.3, -0.25) is 9.36 Å². The first-order valence-electron chi connectivity index (χ1n) is 7.34. The maximum Gasteiger partial charge on any atom is 0.340 e. The zero-order chi connectivity index (χ0) is 17.3. The number of rotatable bonds is 3. The third-order valence-corrected chi connectivity index (χ3v) is 4.20. The van der Waals surface area contributed by atoms with E-state index in [1.165, 1.54) is 10.6 Å². The van der Waals surface area contributed by atoms with Gasteiger partial charge in [-0.25, -0.2) is 4.79 Å². The Morgan fingerprint density at radius 1 is 1.25 bits per heavy atom. The molecule has 7 heteroatoms. The number of hydrogen-bond donors (Lipinski definition) is 0. The van der Waals surface area contributed by atoms with Gasteiger partial charge in [0.1, 0.15) is 4.60 Å². The normalized spacial score (nSPS) is 10.8. The van der Waals surface area contributed by atoms with Crippen LogP contribution in [0.5, 0.6) is 0 Å². The Kier molecular flexibility index (Phi) is 4.44. The van der Waals surface area contributed by atoms with E-state index < -0.39 is 5.97 Å². The van der Waals surface area contributed by atoms with Gasteiger partial charge in [-0.15, -0.1) is 5.10 Å². The Hall–Kier alpha value is -2.54. The topological polar surface area (TPSA) is 74.1 Å². The van der Waals surface area contributed by atoms with E-state index in [4.69, 9.17) is 4.74 Å². The summed E-state index contributed by atoms with van der Waals surface area (Å²) >= 11 is 3.35. The van der Waals surface area contributed by atoms with Crippen molar-refractivity contribution < 1.29 is 9.53 Å². The molecule has 0 aliphatic heterocycles. The fraction of sp³-hybridized carbons (Fsp3) is 0.176. The Bertz CT molecular complexity index is 998. The second-order valence-corrected chi connectivity index (χ2v) is 5.87. The fourth-order valence-corrected chi connectivity index (χ4v) is 2.87. The van der Waals surface area contributed by atoms with Gasteiger partial charge in [0.15, 0.2) is 0 Å². The molecule has 0 atom stereocenters. The van der Waals surface area contributed by atoms with Crippen molar-refractivity contribution in [1.29, 1.82) is 0 Å².